The second-order valence-corrected chi connectivity index (χ2v) is 5.77. The number of nitrogens with zero attached hydrogens (tertiary/aromatic N) is 1. The van der Waals surface area contributed by atoms with Gasteiger partial charge in [0.1, 0.15) is 0 Å². The van der Waals surface area contributed by atoms with Crippen LogP contribution < -0.4 is 5.32 Å². The van der Waals surface area contributed by atoms with Gasteiger partial charge < -0.3 is 10.2 Å². The number of amides is 1. The Kier molecular flexibility index (Phi) is 5.41. The summed E-state index contributed by atoms with van der Waals surface area (Å²) < 4.78 is 0. The maximum absolute atomic E-state index is 12.0. The highest BCUT2D eigenvalue weighted by atomic mass is 35.5. The highest BCUT2D eigenvalue weighted by Gasteiger charge is 2.32. The number of halogens is 1. The van der Waals surface area contributed by atoms with Crippen LogP contribution in [0.25, 0.3) is 0 Å². The lowest BCUT2D eigenvalue weighted by Gasteiger charge is -2.26. The zero-order chi connectivity index (χ0) is 10.8. The molecule has 2 fully saturated rings. The summed E-state index contributed by atoms with van der Waals surface area (Å²) in [6.07, 6.45) is 5.67. The Bertz CT molecular complexity index is 252. The summed E-state index contributed by atoms with van der Waals surface area (Å²) in [5.74, 6) is 0.317. The number of carbonyl (C=O) groups is 1. The fraction of sp³-hybridized carbons (Fsp3) is 0.909. The lowest BCUT2D eigenvalue weighted by molar-refractivity contribution is -0.130. The van der Waals surface area contributed by atoms with Gasteiger partial charge in [0.2, 0.25) is 5.91 Å². The van der Waals surface area contributed by atoms with E-state index in [2.05, 4.69) is 10.2 Å². The number of likely N-dealkylation sites (tertiary alicyclic amines) is 1. The molecule has 0 aromatic carbocycles. The van der Waals surface area contributed by atoms with Crippen molar-refractivity contribution in [1.82, 2.24) is 10.2 Å². The zero-order valence-corrected chi connectivity index (χ0v) is 11.6. The van der Waals surface area contributed by atoms with E-state index in [1.54, 1.807) is 11.8 Å². The third kappa shape index (κ3) is 3.05. The largest absolute Gasteiger partial charge is 0.340 e. The van der Waals surface area contributed by atoms with Crippen molar-refractivity contribution < 1.29 is 4.79 Å². The number of carbonyl (C=O) groups excluding carboxylic acids is 1. The molecule has 94 valence electrons. The summed E-state index contributed by atoms with van der Waals surface area (Å²) >= 11 is 1.64. The monoisotopic (exact) mass is 264 g/mol. The quantitative estimate of drug-likeness (QED) is 0.821. The first-order chi connectivity index (χ1) is 7.20. The minimum atomic E-state index is 0. The van der Waals surface area contributed by atoms with E-state index in [0.29, 0.717) is 18.0 Å². The third-order valence-electron chi connectivity index (χ3n) is 3.54. The molecule has 3 unspecified atom stereocenters. The number of thioether (sulfide) groups is 1. The average Bonchev–Trinajstić information content (AvgIpc) is 2.56. The molecule has 2 heterocycles. The van der Waals surface area contributed by atoms with E-state index in [9.17, 15) is 4.79 Å². The zero-order valence-electron chi connectivity index (χ0n) is 9.94. The molecule has 0 saturated carbocycles. The van der Waals surface area contributed by atoms with Crippen molar-refractivity contribution in [2.24, 2.45) is 0 Å². The second-order valence-electron chi connectivity index (χ2n) is 4.59. The van der Waals surface area contributed by atoms with Gasteiger partial charge in [0, 0.05) is 25.2 Å². The van der Waals surface area contributed by atoms with E-state index in [0.717, 1.165) is 19.5 Å². The van der Waals surface area contributed by atoms with Gasteiger partial charge in [0.25, 0.3) is 0 Å². The molecule has 0 aromatic heterocycles. The van der Waals surface area contributed by atoms with Crippen LogP contribution in [0.5, 0.6) is 0 Å². The van der Waals surface area contributed by atoms with Crippen LogP contribution in [-0.2, 0) is 4.79 Å². The number of hydrogen-bond acceptors (Lipinski definition) is 3. The first-order valence-electron chi connectivity index (χ1n) is 5.78. The van der Waals surface area contributed by atoms with Gasteiger partial charge in [0.15, 0.2) is 0 Å². The van der Waals surface area contributed by atoms with Crippen LogP contribution in [0.3, 0.4) is 0 Å². The first-order valence-corrected chi connectivity index (χ1v) is 7.07. The Morgan fingerprint density at radius 3 is 2.75 bits per heavy atom. The van der Waals surface area contributed by atoms with Gasteiger partial charge in [-0.1, -0.05) is 0 Å². The van der Waals surface area contributed by atoms with Gasteiger partial charge >= 0.3 is 0 Å². The third-order valence-corrected chi connectivity index (χ3v) is 4.44. The van der Waals surface area contributed by atoms with Crippen LogP contribution >= 0.6 is 24.2 Å². The van der Waals surface area contributed by atoms with Crippen LogP contribution in [0, 0.1) is 0 Å². The number of rotatable bonds is 2. The maximum atomic E-state index is 12.0. The van der Waals surface area contributed by atoms with Gasteiger partial charge in [-0.2, -0.15) is 11.8 Å². The molecule has 0 spiro atoms. The van der Waals surface area contributed by atoms with Crippen molar-refractivity contribution in [3.8, 4) is 0 Å². The number of fused-ring (bicyclic) bond motifs is 2. The second kappa shape index (κ2) is 6.12. The van der Waals surface area contributed by atoms with E-state index >= 15 is 0 Å². The minimum absolute atomic E-state index is 0. The molecule has 2 saturated heterocycles. The lowest BCUT2D eigenvalue weighted by atomic mass is 10.1. The van der Waals surface area contributed by atoms with Gasteiger partial charge in [-0.25, -0.2) is 0 Å². The molecule has 5 heteroatoms. The van der Waals surface area contributed by atoms with Crippen molar-refractivity contribution in [2.75, 3.05) is 19.3 Å². The molecule has 16 heavy (non-hydrogen) atoms. The van der Waals surface area contributed by atoms with Crippen molar-refractivity contribution >= 4 is 30.1 Å². The van der Waals surface area contributed by atoms with Gasteiger partial charge in [-0.3, -0.25) is 4.79 Å². The summed E-state index contributed by atoms with van der Waals surface area (Å²) in [5.41, 5.74) is 0. The van der Waals surface area contributed by atoms with Gasteiger partial charge in [-0.15, -0.1) is 12.4 Å². The first kappa shape index (κ1) is 14.1. The fourth-order valence-corrected chi connectivity index (χ4v) is 2.85. The van der Waals surface area contributed by atoms with Crippen LogP contribution in [-0.4, -0.2) is 47.5 Å². The highest BCUT2D eigenvalue weighted by molar-refractivity contribution is 7.99. The molecule has 1 amide bonds. The highest BCUT2D eigenvalue weighted by Crippen LogP contribution is 2.21. The standard InChI is InChI=1S/C11H20N2OS.ClH/c1-8(15-2)11(14)13-6-5-9-3-4-10(7-13)12-9;/h8-10,12H,3-7H2,1-2H3;1H. The summed E-state index contributed by atoms with van der Waals surface area (Å²) in [4.78, 5) is 14.1. The molecule has 3 atom stereocenters. The summed E-state index contributed by atoms with van der Waals surface area (Å²) in [6.45, 7) is 3.86. The molecule has 1 N–H and O–H groups in total. The molecule has 2 rings (SSSR count). The minimum Gasteiger partial charge on any atom is -0.340 e. The SMILES string of the molecule is CSC(C)C(=O)N1CCC2CCC(C1)N2.Cl. The van der Waals surface area contributed by atoms with E-state index < -0.39 is 0 Å². The lowest BCUT2D eigenvalue weighted by Crippen LogP contribution is -2.42. The van der Waals surface area contributed by atoms with Gasteiger partial charge in [0.05, 0.1) is 5.25 Å². The van der Waals surface area contributed by atoms with Crippen molar-refractivity contribution in [1.29, 1.82) is 0 Å². The van der Waals surface area contributed by atoms with Gasteiger partial charge in [-0.05, 0) is 32.4 Å². The van der Waals surface area contributed by atoms with Crippen LogP contribution in [0.2, 0.25) is 0 Å². The van der Waals surface area contributed by atoms with E-state index in [4.69, 9.17) is 0 Å². The fourth-order valence-electron chi connectivity index (χ4n) is 2.50. The summed E-state index contributed by atoms with van der Waals surface area (Å²) in [7, 11) is 0. The maximum Gasteiger partial charge on any atom is 0.235 e. The Balaban J connectivity index is 0.00000128. The van der Waals surface area contributed by atoms with Crippen molar-refractivity contribution in [2.45, 2.75) is 43.5 Å². The van der Waals surface area contributed by atoms with E-state index in [-0.39, 0.29) is 17.7 Å². The molecule has 0 aromatic rings. The average molecular weight is 265 g/mol. The Morgan fingerprint density at radius 1 is 1.38 bits per heavy atom. The molecular formula is C11H21ClN2OS. The smallest absolute Gasteiger partial charge is 0.235 e. The Labute approximate surface area is 108 Å². The number of hydrogen-bond donors (Lipinski definition) is 1. The molecule has 2 aliphatic heterocycles. The van der Waals surface area contributed by atoms with E-state index in [1.807, 2.05) is 13.2 Å². The van der Waals surface area contributed by atoms with Crippen LogP contribution in [0.4, 0.5) is 0 Å². The van der Waals surface area contributed by atoms with Crippen LogP contribution in [0.15, 0.2) is 0 Å². The summed E-state index contributed by atoms with van der Waals surface area (Å²) in [6, 6.07) is 1.22. The molecule has 3 nitrogen and oxygen atoms in total. The van der Waals surface area contributed by atoms with Crippen LogP contribution in [0.1, 0.15) is 26.2 Å². The Morgan fingerprint density at radius 2 is 2.06 bits per heavy atom. The normalized spacial score (nSPS) is 30.5. The van der Waals surface area contributed by atoms with E-state index in [1.165, 1.54) is 12.8 Å². The molecular weight excluding hydrogens is 244 g/mol. The molecule has 2 aliphatic rings. The molecule has 2 bridgehead atoms. The predicted octanol–water partition coefficient (Wildman–Crippen LogP) is 1.51. The number of nitrogens with one attached hydrogen (secondary N) is 1. The summed E-state index contributed by atoms with van der Waals surface area (Å²) in [5, 5.41) is 3.71. The van der Waals surface area contributed by atoms with Crippen molar-refractivity contribution in [3.63, 3.8) is 0 Å². The topological polar surface area (TPSA) is 32.3 Å². The predicted molar refractivity (Wildman–Crippen MR) is 71.4 cm³/mol. The Hall–Kier alpha value is 0.0700. The van der Waals surface area contributed by atoms with Crippen molar-refractivity contribution in [3.05, 3.63) is 0 Å². The molecule has 0 aliphatic carbocycles. The molecule has 0 radical (unpaired) electrons.